The molecule has 0 aliphatic heterocycles. The fourth-order valence-electron chi connectivity index (χ4n) is 2.06. The Bertz CT molecular complexity index is 797. The van der Waals surface area contributed by atoms with Crippen LogP contribution in [0.2, 0.25) is 0 Å². The molecule has 0 saturated heterocycles. The molecular formula is C17H17F3N4O3. The van der Waals surface area contributed by atoms with E-state index in [9.17, 15) is 18.0 Å². The summed E-state index contributed by atoms with van der Waals surface area (Å²) in [6.45, 7) is 2.42. The zero-order chi connectivity index (χ0) is 19.9. The third-order valence-corrected chi connectivity index (χ3v) is 3.46. The number of hydrogen-bond donors (Lipinski definition) is 0. The lowest BCUT2D eigenvalue weighted by molar-refractivity contribution is -0.189. The number of hydrogen-bond acceptors (Lipinski definition) is 6. The Balaban J connectivity index is 2.09. The average molecular weight is 382 g/mol. The van der Waals surface area contributed by atoms with Crippen molar-refractivity contribution in [3.05, 3.63) is 35.7 Å². The van der Waals surface area contributed by atoms with Gasteiger partial charge in [-0.1, -0.05) is 42.8 Å². The number of rotatable bonds is 8. The van der Waals surface area contributed by atoms with Gasteiger partial charge in [0.15, 0.2) is 0 Å². The number of carbonyl (C=O) groups is 1. The molecule has 0 fully saturated rings. The molecule has 1 amide bonds. The molecule has 10 heteroatoms. The van der Waals surface area contributed by atoms with Crippen molar-refractivity contribution in [2.75, 3.05) is 6.61 Å². The van der Waals surface area contributed by atoms with E-state index in [1.807, 2.05) is 6.92 Å². The zero-order valence-corrected chi connectivity index (χ0v) is 14.5. The average Bonchev–Trinajstić information content (AvgIpc) is 3.12. The van der Waals surface area contributed by atoms with Gasteiger partial charge in [0.1, 0.15) is 6.42 Å². The van der Waals surface area contributed by atoms with E-state index >= 15 is 0 Å². The maximum absolute atomic E-state index is 12.5. The standard InChI is InChI=1S/C17H17F3N4O3/c1-2-3-10-26-24(14(25)8-9-21)11-12-4-6-13(7-5-12)15-22-16(27-23-15)17(18,19)20/h4-7H,2-3,8,10-11H2,1H3. The van der Waals surface area contributed by atoms with Crippen LogP contribution in [0.1, 0.15) is 37.6 Å². The van der Waals surface area contributed by atoms with Crippen molar-refractivity contribution < 1.29 is 27.3 Å². The van der Waals surface area contributed by atoms with Crippen molar-refractivity contribution >= 4 is 5.91 Å². The molecule has 144 valence electrons. The highest BCUT2D eigenvalue weighted by Gasteiger charge is 2.38. The highest BCUT2D eigenvalue weighted by molar-refractivity contribution is 5.77. The maximum Gasteiger partial charge on any atom is 0.471 e. The van der Waals surface area contributed by atoms with Gasteiger partial charge < -0.3 is 4.52 Å². The van der Waals surface area contributed by atoms with E-state index in [1.54, 1.807) is 18.2 Å². The van der Waals surface area contributed by atoms with Crippen molar-refractivity contribution in [1.82, 2.24) is 15.2 Å². The zero-order valence-electron chi connectivity index (χ0n) is 14.5. The van der Waals surface area contributed by atoms with Gasteiger partial charge >= 0.3 is 12.1 Å². The fraction of sp³-hybridized carbons (Fsp3) is 0.412. The van der Waals surface area contributed by atoms with Crippen LogP contribution < -0.4 is 0 Å². The first-order valence-corrected chi connectivity index (χ1v) is 8.15. The van der Waals surface area contributed by atoms with E-state index < -0.39 is 18.0 Å². The summed E-state index contributed by atoms with van der Waals surface area (Å²) in [6, 6.07) is 8.02. The Kier molecular flexibility index (Phi) is 6.90. The fourth-order valence-corrected chi connectivity index (χ4v) is 2.06. The first kappa shape index (κ1) is 20.4. The second-order valence-electron chi connectivity index (χ2n) is 5.57. The lowest BCUT2D eigenvalue weighted by Crippen LogP contribution is -2.30. The van der Waals surface area contributed by atoms with Crippen LogP contribution >= 0.6 is 0 Å². The third-order valence-electron chi connectivity index (χ3n) is 3.46. The van der Waals surface area contributed by atoms with Crippen LogP contribution in [0.4, 0.5) is 13.2 Å². The molecule has 7 nitrogen and oxygen atoms in total. The lowest BCUT2D eigenvalue weighted by atomic mass is 10.1. The molecule has 2 aromatic rings. The number of unbranched alkanes of at least 4 members (excludes halogenated alkanes) is 1. The molecule has 27 heavy (non-hydrogen) atoms. The molecule has 0 aliphatic carbocycles. The number of carbonyl (C=O) groups excluding carboxylic acids is 1. The second-order valence-corrected chi connectivity index (χ2v) is 5.57. The number of amides is 1. The smallest absolute Gasteiger partial charge is 0.329 e. The lowest BCUT2D eigenvalue weighted by Gasteiger charge is -2.21. The van der Waals surface area contributed by atoms with Gasteiger partial charge in [0, 0.05) is 5.56 Å². The molecule has 0 saturated carbocycles. The predicted molar refractivity (Wildman–Crippen MR) is 86.4 cm³/mol. The normalized spacial score (nSPS) is 11.2. The molecule has 0 unspecified atom stereocenters. The minimum atomic E-state index is -4.71. The van der Waals surface area contributed by atoms with Crippen LogP contribution in [-0.4, -0.2) is 27.7 Å². The van der Waals surface area contributed by atoms with Gasteiger partial charge in [-0.05, 0) is 12.0 Å². The van der Waals surface area contributed by atoms with Crippen molar-refractivity contribution in [1.29, 1.82) is 5.26 Å². The highest BCUT2D eigenvalue weighted by atomic mass is 19.4. The minimum absolute atomic E-state index is 0.102. The SMILES string of the molecule is CCCCON(Cc1ccc(-c2noc(C(F)(F)F)n2)cc1)C(=O)CC#N. The monoisotopic (exact) mass is 382 g/mol. The molecule has 0 aliphatic rings. The van der Waals surface area contributed by atoms with Crippen molar-refractivity contribution in [2.24, 2.45) is 0 Å². The predicted octanol–water partition coefficient (Wildman–Crippen LogP) is 3.73. The van der Waals surface area contributed by atoms with E-state index in [2.05, 4.69) is 14.7 Å². The molecule has 2 rings (SSSR count). The summed E-state index contributed by atoms with van der Waals surface area (Å²) in [4.78, 5) is 20.7. The number of nitrogens with zero attached hydrogens (tertiary/aromatic N) is 4. The molecule has 0 bridgehead atoms. The number of aromatic nitrogens is 2. The first-order valence-electron chi connectivity index (χ1n) is 8.15. The van der Waals surface area contributed by atoms with Crippen molar-refractivity contribution in [3.8, 4) is 17.5 Å². The first-order chi connectivity index (χ1) is 12.8. The Hall–Kier alpha value is -2.93. The Morgan fingerprint density at radius 2 is 2.04 bits per heavy atom. The van der Waals surface area contributed by atoms with Gasteiger partial charge in [0.05, 0.1) is 19.2 Å². The van der Waals surface area contributed by atoms with Gasteiger partial charge in [-0.25, -0.2) is 5.06 Å². The Morgan fingerprint density at radius 3 is 2.59 bits per heavy atom. The summed E-state index contributed by atoms with van der Waals surface area (Å²) >= 11 is 0. The number of nitriles is 1. The molecule has 1 aromatic carbocycles. The summed E-state index contributed by atoms with van der Waals surface area (Å²) in [6.07, 6.45) is -3.37. The molecule has 1 heterocycles. The maximum atomic E-state index is 12.5. The van der Waals surface area contributed by atoms with E-state index in [-0.39, 0.29) is 18.8 Å². The summed E-state index contributed by atoms with van der Waals surface area (Å²) in [7, 11) is 0. The van der Waals surface area contributed by atoms with Crippen LogP contribution in [0.3, 0.4) is 0 Å². The van der Waals surface area contributed by atoms with Gasteiger partial charge in [-0.15, -0.1) is 0 Å². The Labute approximate surface area is 153 Å². The molecule has 0 spiro atoms. The molecule has 1 aromatic heterocycles. The molecule has 0 N–H and O–H groups in total. The van der Waals surface area contributed by atoms with E-state index in [0.717, 1.165) is 17.9 Å². The van der Waals surface area contributed by atoms with Crippen LogP contribution in [0.15, 0.2) is 28.8 Å². The summed E-state index contributed by atoms with van der Waals surface area (Å²) in [5.41, 5.74) is 1.00. The largest absolute Gasteiger partial charge is 0.471 e. The van der Waals surface area contributed by atoms with Crippen LogP contribution in [0.5, 0.6) is 0 Å². The van der Waals surface area contributed by atoms with Crippen LogP contribution in [-0.2, 0) is 22.4 Å². The second kappa shape index (κ2) is 9.14. The van der Waals surface area contributed by atoms with Crippen LogP contribution in [0, 0.1) is 11.3 Å². The van der Waals surface area contributed by atoms with Gasteiger partial charge in [0.25, 0.3) is 5.91 Å². The van der Waals surface area contributed by atoms with E-state index in [0.29, 0.717) is 17.7 Å². The summed E-state index contributed by atoms with van der Waals surface area (Å²) < 4.78 is 41.8. The van der Waals surface area contributed by atoms with Crippen LogP contribution in [0.25, 0.3) is 11.4 Å². The van der Waals surface area contributed by atoms with Crippen molar-refractivity contribution in [2.45, 2.75) is 38.9 Å². The molecule has 0 radical (unpaired) electrons. The van der Waals surface area contributed by atoms with Gasteiger partial charge in [-0.2, -0.15) is 23.4 Å². The third kappa shape index (κ3) is 5.79. The number of benzene rings is 1. The van der Waals surface area contributed by atoms with Gasteiger partial charge in [-0.3, -0.25) is 9.63 Å². The molecule has 0 atom stereocenters. The van der Waals surface area contributed by atoms with Crippen molar-refractivity contribution in [3.63, 3.8) is 0 Å². The van der Waals surface area contributed by atoms with E-state index in [4.69, 9.17) is 10.1 Å². The molecular weight excluding hydrogens is 365 g/mol. The number of alkyl halides is 3. The topological polar surface area (TPSA) is 92.2 Å². The number of halogens is 3. The summed E-state index contributed by atoms with van der Waals surface area (Å²) in [5, 5.41) is 13.1. The Morgan fingerprint density at radius 1 is 1.33 bits per heavy atom. The minimum Gasteiger partial charge on any atom is -0.329 e. The summed E-state index contributed by atoms with van der Waals surface area (Å²) in [5.74, 6) is -2.07. The highest BCUT2D eigenvalue weighted by Crippen LogP contribution is 2.29. The van der Waals surface area contributed by atoms with E-state index in [1.165, 1.54) is 12.1 Å². The number of hydroxylamine groups is 2. The quantitative estimate of drug-likeness (QED) is 0.510. The van der Waals surface area contributed by atoms with Gasteiger partial charge in [0.2, 0.25) is 5.82 Å².